The molecule has 1 saturated carbocycles. The number of rotatable bonds is 4. The van der Waals surface area contributed by atoms with Crippen LogP contribution in [0.2, 0.25) is 0 Å². The summed E-state index contributed by atoms with van der Waals surface area (Å²) in [5, 5.41) is 3.48. The van der Waals surface area contributed by atoms with E-state index >= 15 is 0 Å². The molecule has 1 saturated heterocycles. The molecule has 0 spiro atoms. The number of hydrogen-bond donors (Lipinski definition) is 1. The number of amides is 1. The Kier molecular flexibility index (Phi) is 6.15. The molecule has 1 aliphatic carbocycles. The summed E-state index contributed by atoms with van der Waals surface area (Å²) in [6.45, 7) is 5.00. The third kappa shape index (κ3) is 4.79. The van der Waals surface area contributed by atoms with Crippen molar-refractivity contribution >= 4 is 5.91 Å². The zero-order chi connectivity index (χ0) is 13.5. The molecule has 0 bridgehead atoms. The van der Waals surface area contributed by atoms with Crippen LogP contribution in [0, 0.1) is 5.92 Å². The Morgan fingerprint density at radius 2 is 1.63 bits per heavy atom. The second kappa shape index (κ2) is 7.88. The molecule has 3 nitrogen and oxygen atoms in total. The van der Waals surface area contributed by atoms with Crippen LogP contribution in [0.5, 0.6) is 0 Å². The first-order valence-corrected chi connectivity index (χ1v) is 8.29. The van der Waals surface area contributed by atoms with Gasteiger partial charge >= 0.3 is 0 Å². The lowest BCUT2D eigenvalue weighted by molar-refractivity contribution is -0.133. The molecule has 0 aromatic carbocycles. The second-order valence-electron chi connectivity index (χ2n) is 6.37. The van der Waals surface area contributed by atoms with Crippen molar-refractivity contribution in [3.05, 3.63) is 0 Å². The average Bonchev–Trinajstić information content (AvgIpc) is 2.74. The Morgan fingerprint density at radius 1 is 1.05 bits per heavy atom. The van der Waals surface area contributed by atoms with Crippen molar-refractivity contribution < 1.29 is 4.79 Å². The standard InChI is InChI=1S/C16H30N2O/c1-14(17-13-15-9-5-4-6-10-15)16(19)18-11-7-2-3-8-12-18/h14-15,17H,2-13H2,1H3. The van der Waals surface area contributed by atoms with Gasteiger partial charge in [-0.3, -0.25) is 4.79 Å². The highest BCUT2D eigenvalue weighted by Gasteiger charge is 2.22. The van der Waals surface area contributed by atoms with Gasteiger partial charge in [-0.2, -0.15) is 0 Å². The molecule has 1 N–H and O–H groups in total. The first-order chi connectivity index (χ1) is 9.27. The van der Waals surface area contributed by atoms with Crippen LogP contribution in [0.3, 0.4) is 0 Å². The number of carbonyl (C=O) groups excluding carboxylic acids is 1. The monoisotopic (exact) mass is 266 g/mol. The van der Waals surface area contributed by atoms with Crippen LogP contribution in [0.25, 0.3) is 0 Å². The average molecular weight is 266 g/mol. The molecule has 3 heteroatoms. The predicted molar refractivity (Wildman–Crippen MR) is 79.1 cm³/mol. The van der Waals surface area contributed by atoms with E-state index in [0.29, 0.717) is 5.91 Å². The van der Waals surface area contributed by atoms with Crippen molar-refractivity contribution in [3.63, 3.8) is 0 Å². The van der Waals surface area contributed by atoms with Crippen LogP contribution in [0.1, 0.15) is 64.7 Å². The highest BCUT2D eigenvalue weighted by molar-refractivity contribution is 5.81. The largest absolute Gasteiger partial charge is 0.341 e. The fourth-order valence-corrected chi connectivity index (χ4v) is 3.39. The summed E-state index contributed by atoms with van der Waals surface area (Å²) in [5.74, 6) is 1.12. The van der Waals surface area contributed by atoms with Crippen LogP contribution in [-0.4, -0.2) is 36.5 Å². The summed E-state index contributed by atoms with van der Waals surface area (Å²) >= 11 is 0. The number of carbonyl (C=O) groups is 1. The summed E-state index contributed by atoms with van der Waals surface area (Å²) in [7, 11) is 0. The number of likely N-dealkylation sites (tertiary alicyclic amines) is 1. The van der Waals surface area contributed by atoms with Gasteiger partial charge in [0.15, 0.2) is 0 Å². The molecule has 1 heterocycles. The van der Waals surface area contributed by atoms with Crippen molar-refractivity contribution in [2.45, 2.75) is 70.8 Å². The third-order valence-corrected chi connectivity index (χ3v) is 4.73. The molecule has 1 unspecified atom stereocenters. The minimum absolute atomic E-state index is 0.0000246. The van der Waals surface area contributed by atoms with Gasteiger partial charge in [0.25, 0.3) is 0 Å². The van der Waals surface area contributed by atoms with Gasteiger partial charge in [0.05, 0.1) is 6.04 Å². The van der Waals surface area contributed by atoms with Crippen molar-refractivity contribution in [2.75, 3.05) is 19.6 Å². The van der Waals surface area contributed by atoms with E-state index in [4.69, 9.17) is 0 Å². The van der Waals surface area contributed by atoms with E-state index in [1.165, 1.54) is 57.8 Å². The first-order valence-electron chi connectivity index (χ1n) is 8.29. The molecule has 0 radical (unpaired) electrons. The summed E-state index contributed by atoms with van der Waals surface area (Å²) in [6, 6.07) is 0.0000246. The molecule has 1 aliphatic heterocycles. The first kappa shape index (κ1) is 14.8. The Morgan fingerprint density at radius 3 is 2.26 bits per heavy atom. The van der Waals surface area contributed by atoms with Crippen LogP contribution in [0.15, 0.2) is 0 Å². The maximum atomic E-state index is 12.4. The SMILES string of the molecule is CC(NCC1CCCCC1)C(=O)N1CCCCCC1. The van der Waals surface area contributed by atoms with E-state index in [9.17, 15) is 4.79 Å². The smallest absolute Gasteiger partial charge is 0.239 e. The van der Waals surface area contributed by atoms with E-state index in [1.54, 1.807) is 0 Å². The lowest BCUT2D eigenvalue weighted by Crippen LogP contribution is -2.46. The molecular formula is C16H30N2O. The zero-order valence-corrected chi connectivity index (χ0v) is 12.5. The van der Waals surface area contributed by atoms with Gasteiger partial charge < -0.3 is 10.2 Å². The van der Waals surface area contributed by atoms with Crippen LogP contribution < -0.4 is 5.32 Å². The molecule has 19 heavy (non-hydrogen) atoms. The van der Waals surface area contributed by atoms with Crippen molar-refractivity contribution in [1.29, 1.82) is 0 Å². The van der Waals surface area contributed by atoms with Gasteiger partial charge in [0.1, 0.15) is 0 Å². The van der Waals surface area contributed by atoms with E-state index in [0.717, 1.165) is 25.6 Å². The van der Waals surface area contributed by atoms with Gasteiger partial charge in [-0.1, -0.05) is 32.1 Å². The summed E-state index contributed by atoms with van der Waals surface area (Å²) < 4.78 is 0. The van der Waals surface area contributed by atoms with Crippen molar-refractivity contribution in [3.8, 4) is 0 Å². The van der Waals surface area contributed by atoms with Crippen LogP contribution in [0.4, 0.5) is 0 Å². The Bertz CT molecular complexity index is 266. The van der Waals surface area contributed by atoms with Gasteiger partial charge in [-0.15, -0.1) is 0 Å². The lowest BCUT2D eigenvalue weighted by atomic mass is 9.89. The topological polar surface area (TPSA) is 32.3 Å². The highest BCUT2D eigenvalue weighted by atomic mass is 16.2. The Hall–Kier alpha value is -0.570. The molecule has 0 aromatic heterocycles. The zero-order valence-electron chi connectivity index (χ0n) is 12.5. The molecule has 1 atom stereocenters. The lowest BCUT2D eigenvalue weighted by Gasteiger charge is -2.27. The maximum Gasteiger partial charge on any atom is 0.239 e. The van der Waals surface area contributed by atoms with Crippen molar-refractivity contribution in [1.82, 2.24) is 10.2 Å². The summed E-state index contributed by atoms with van der Waals surface area (Å²) in [6.07, 6.45) is 11.8. The van der Waals surface area contributed by atoms with Gasteiger partial charge in [-0.05, 0) is 45.1 Å². The van der Waals surface area contributed by atoms with E-state index < -0.39 is 0 Å². The summed E-state index contributed by atoms with van der Waals surface area (Å²) in [4.78, 5) is 14.5. The number of nitrogens with one attached hydrogen (secondary N) is 1. The maximum absolute atomic E-state index is 12.4. The van der Waals surface area contributed by atoms with Crippen molar-refractivity contribution in [2.24, 2.45) is 5.92 Å². The molecule has 2 aliphatic rings. The molecule has 2 fully saturated rings. The summed E-state index contributed by atoms with van der Waals surface area (Å²) in [5.41, 5.74) is 0. The fourth-order valence-electron chi connectivity index (χ4n) is 3.39. The van der Waals surface area contributed by atoms with E-state index in [-0.39, 0.29) is 6.04 Å². The minimum atomic E-state index is 0.0000246. The highest BCUT2D eigenvalue weighted by Crippen LogP contribution is 2.22. The quantitative estimate of drug-likeness (QED) is 0.848. The molecule has 2 rings (SSSR count). The fraction of sp³-hybridized carbons (Fsp3) is 0.938. The number of hydrogen-bond acceptors (Lipinski definition) is 2. The molecular weight excluding hydrogens is 236 g/mol. The molecule has 1 amide bonds. The van der Waals surface area contributed by atoms with Crippen LogP contribution >= 0.6 is 0 Å². The molecule has 110 valence electrons. The second-order valence-corrected chi connectivity index (χ2v) is 6.37. The Labute approximate surface area is 118 Å². The van der Waals surface area contributed by atoms with Gasteiger partial charge in [0, 0.05) is 13.1 Å². The van der Waals surface area contributed by atoms with Gasteiger partial charge in [-0.25, -0.2) is 0 Å². The minimum Gasteiger partial charge on any atom is -0.341 e. The number of nitrogens with zero attached hydrogens (tertiary/aromatic N) is 1. The predicted octanol–water partition coefficient (Wildman–Crippen LogP) is 2.95. The van der Waals surface area contributed by atoms with E-state index in [2.05, 4.69) is 10.2 Å². The van der Waals surface area contributed by atoms with E-state index in [1.807, 2.05) is 6.92 Å². The normalized spacial score (nSPS) is 23.9. The van der Waals surface area contributed by atoms with Crippen LogP contribution in [-0.2, 0) is 4.79 Å². The third-order valence-electron chi connectivity index (χ3n) is 4.73. The van der Waals surface area contributed by atoms with Gasteiger partial charge in [0.2, 0.25) is 5.91 Å². The Balaban J connectivity index is 1.71. The molecule has 0 aromatic rings.